The summed E-state index contributed by atoms with van der Waals surface area (Å²) < 4.78 is 0. The number of thiophene rings is 1. The summed E-state index contributed by atoms with van der Waals surface area (Å²) in [7, 11) is 0. The lowest BCUT2D eigenvalue weighted by atomic mass is 10.2. The molecule has 0 fully saturated rings. The van der Waals surface area contributed by atoms with Crippen LogP contribution in [0.3, 0.4) is 0 Å². The standard InChI is InChI=1S/C13H20ClNOS/c1-2-11-7-8-12(17-11)13(16)15-10-6-4-3-5-9-14/h7-8H,2-6,9-10H2,1H3,(H,15,16). The van der Waals surface area contributed by atoms with Crippen LogP contribution in [0.2, 0.25) is 0 Å². The van der Waals surface area contributed by atoms with E-state index in [0.717, 1.165) is 49.4 Å². The van der Waals surface area contributed by atoms with Crippen molar-refractivity contribution in [1.82, 2.24) is 5.32 Å². The zero-order chi connectivity index (χ0) is 12.5. The lowest BCUT2D eigenvalue weighted by Crippen LogP contribution is -2.23. The molecule has 0 atom stereocenters. The fourth-order valence-corrected chi connectivity index (χ4v) is 2.60. The first-order chi connectivity index (χ1) is 8.27. The van der Waals surface area contributed by atoms with Gasteiger partial charge in [0.2, 0.25) is 0 Å². The van der Waals surface area contributed by atoms with E-state index < -0.39 is 0 Å². The third-order valence-electron chi connectivity index (χ3n) is 2.58. The summed E-state index contributed by atoms with van der Waals surface area (Å²) in [6.45, 7) is 2.87. The number of amides is 1. The van der Waals surface area contributed by atoms with E-state index >= 15 is 0 Å². The van der Waals surface area contributed by atoms with Crippen molar-refractivity contribution < 1.29 is 4.79 Å². The number of rotatable bonds is 8. The lowest BCUT2D eigenvalue weighted by molar-refractivity contribution is 0.0957. The number of nitrogens with one attached hydrogen (secondary N) is 1. The maximum absolute atomic E-state index is 11.7. The van der Waals surface area contributed by atoms with E-state index in [-0.39, 0.29) is 5.91 Å². The Hall–Kier alpha value is -0.540. The highest BCUT2D eigenvalue weighted by atomic mass is 35.5. The molecule has 1 aromatic heterocycles. The molecule has 0 unspecified atom stereocenters. The van der Waals surface area contributed by atoms with Crippen LogP contribution in [-0.2, 0) is 6.42 Å². The number of halogens is 1. The van der Waals surface area contributed by atoms with E-state index in [1.165, 1.54) is 4.88 Å². The smallest absolute Gasteiger partial charge is 0.261 e. The molecule has 1 rings (SSSR count). The molecule has 0 aromatic carbocycles. The molecule has 0 radical (unpaired) electrons. The Labute approximate surface area is 112 Å². The Balaban J connectivity index is 2.16. The van der Waals surface area contributed by atoms with E-state index in [2.05, 4.69) is 12.2 Å². The van der Waals surface area contributed by atoms with Crippen molar-refractivity contribution in [3.8, 4) is 0 Å². The largest absolute Gasteiger partial charge is 0.351 e. The average Bonchev–Trinajstić information content (AvgIpc) is 2.82. The van der Waals surface area contributed by atoms with Gasteiger partial charge in [0.25, 0.3) is 5.91 Å². The van der Waals surface area contributed by atoms with E-state index in [1.54, 1.807) is 11.3 Å². The number of hydrogen-bond acceptors (Lipinski definition) is 2. The molecule has 0 spiro atoms. The van der Waals surface area contributed by atoms with Crippen LogP contribution < -0.4 is 5.32 Å². The maximum Gasteiger partial charge on any atom is 0.261 e. The Morgan fingerprint density at radius 2 is 2.06 bits per heavy atom. The molecule has 1 heterocycles. The van der Waals surface area contributed by atoms with Crippen LogP contribution >= 0.6 is 22.9 Å². The van der Waals surface area contributed by atoms with Gasteiger partial charge in [-0.05, 0) is 31.4 Å². The molecular weight excluding hydrogens is 254 g/mol. The van der Waals surface area contributed by atoms with Gasteiger partial charge in [-0.15, -0.1) is 22.9 Å². The molecule has 1 aromatic rings. The fourth-order valence-electron chi connectivity index (χ4n) is 1.55. The van der Waals surface area contributed by atoms with Gasteiger partial charge in [0.1, 0.15) is 0 Å². The highest BCUT2D eigenvalue weighted by Gasteiger charge is 2.07. The summed E-state index contributed by atoms with van der Waals surface area (Å²) >= 11 is 7.18. The predicted octanol–water partition coefficient (Wildman–Crippen LogP) is 3.84. The van der Waals surface area contributed by atoms with Gasteiger partial charge in [0.15, 0.2) is 0 Å². The van der Waals surface area contributed by atoms with E-state index in [9.17, 15) is 4.79 Å². The normalized spacial score (nSPS) is 10.5. The van der Waals surface area contributed by atoms with Gasteiger partial charge in [-0.2, -0.15) is 0 Å². The molecule has 0 saturated heterocycles. The summed E-state index contributed by atoms with van der Waals surface area (Å²) in [6.07, 6.45) is 5.39. The summed E-state index contributed by atoms with van der Waals surface area (Å²) in [6, 6.07) is 3.94. The summed E-state index contributed by atoms with van der Waals surface area (Å²) in [5.41, 5.74) is 0. The van der Waals surface area contributed by atoms with Crippen LogP contribution in [0.1, 0.15) is 47.2 Å². The van der Waals surface area contributed by atoms with Gasteiger partial charge in [-0.25, -0.2) is 0 Å². The molecule has 0 aliphatic heterocycles. The molecule has 1 N–H and O–H groups in total. The minimum Gasteiger partial charge on any atom is -0.351 e. The molecule has 1 amide bonds. The third kappa shape index (κ3) is 5.55. The molecule has 2 nitrogen and oxygen atoms in total. The highest BCUT2D eigenvalue weighted by Crippen LogP contribution is 2.16. The number of carbonyl (C=O) groups is 1. The van der Waals surface area contributed by atoms with Crippen molar-refractivity contribution in [3.05, 3.63) is 21.9 Å². The van der Waals surface area contributed by atoms with Crippen LogP contribution in [0.4, 0.5) is 0 Å². The fraction of sp³-hybridized carbons (Fsp3) is 0.615. The summed E-state index contributed by atoms with van der Waals surface area (Å²) in [5.74, 6) is 0.800. The number of alkyl halides is 1. The zero-order valence-corrected chi connectivity index (χ0v) is 11.9. The molecule has 0 bridgehead atoms. The molecule has 96 valence electrons. The van der Waals surface area contributed by atoms with Crippen molar-refractivity contribution in [2.24, 2.45) is 0 Å². The highest BCUT2D eigenvalue weighted by molar-refractivity contribution is 7.14. The lowest BCUT2D eigenvalue weighted by Gasteiger charge is -2.03. The van der Waals surface area contributed by atoms with E-state index in [0.29, 0.717) is 0 Å². The molecule has 0 aliphatic rings. The van der Waals surface area contributed by atoms with Gasteiger partial charge < -0.3 is 5.32 Å². The zero-order valence-electron chi connectivity index (χ0n) is 10.3. The SMILES string of the molecule is CCc1ccc(C(=O)NCCCCCCCl)s1. The number of aryl methyl sites for hydroxylation is 1. The first-order valence-electron chi connectivity index (χ1n) is 6.20. The Morgan fingerprint density at radius 3 is 2.71 bits per heavy atom. The van der Waals surface area contributed by atoms with E-state index in [1.807, 2.05) is 12.1 Å². The van der Waals surface area contributed by atoms with E-state index in [4.69, 9.17) is 11.6 Å². The second-order valence-corrected chi connectivity index (χ2v) is 5.52. The van der Waals surface area contributed by atoms with Crippen molar-refractivity contribution >= 4 is 28.8 Å². The van der Waals surface area contributed by atoms with Crippen molar-refractivity contribution in [2.45, 2.75) is 39.0 Å². The van der Waals surface area contributed by atoms with Crippen molar-refractivity contribution in [1.29, 1.82) is 0 Å². The summed E-state index contributed by atoms with van der Waals surface area (Å²) in [5, 5.41) is 2.95. The number of hydrogen-bond donors (Lipinski definition) is 1. The molecule has 0 aliphatic carbocycles. The topological polar surface area (TPSA) is 29.1 Å². The van der Waals surface area contributed by atoms with Gasteiger partial charge in [0, 0.05) is 17.3 Å². The molecule has 4 heteroatoms. The Morgan fingerprint density at radius 1 is 1.29 bits per heavy atom. The predicted molar refractivity (Wildman–Crippen MR) is 75.2 cm³/mol. The quantitative estimate of drug-likeness (QED) is 0.566. The number of carbonyl (C=O) groups excluding carboxylic acids is 1. The minimum absolute atomic E-state index is 0.0621. The second-order valence-electron chi connectivity index (χ2n) is 3.98. The van der Waals surface area contributed by atoms with Crippen LogP contribution in [0, 0.1) is 0 Å². The van der Waals surface area contributed by atoms with Gasteiger partial charge >= 0.3 is 0 Å². The Bertz CT molecular complexity index is 338. The molecule has 17 heavy (non-hydrogen) atoms. The maximum atomic E-state index is 11.7. The van der Waals surface area contributed by atoms with Gasteiger partial charge in [-0.3, -0.25) is 4.79 Å². The van der Waals surface area contributed by atoms with Gasteiger partial charge in [0.05, 0.1) is 4.88 Å². The van der Waals surface area contributed by atoms with Crippen LogP contribution in [0.25, 0.3) is 0 Å². The van der Waals surface area contributed by atoms with Gasteiger partial charge in [-0.1, -0.05) is 19.8 Å². The number of unbranched alkanes of at least 4 members (excludes halogenated alkanes) is 3. The third-order valence-corrected chi connectivity index (χ3v) is 4.08. The van der Waals surface area contributed by atoms with Crippen LogP contribution in [-0.4, -0.2) is 18.3 Å². The average molecular weight is 274 g/mol. The first-order valence-corrected chi connectivity index (χ1v) is 7.56. The molecular formula is C13H20ClNOS. The van der Waals surface area contributed by atoms with Crippen molar-refractivity contribution in [2.75, 3.05) is 12.4 Å². The second kappa shape index (κ2) is 8.54. The van der Waals surface area contributed by atoms with Crippen LogP contribution in [0.5, 0.6) is 0 Å². The monoisotopic (exact) mass is 273 g/mol. The Kier molecular flexibility index (Phi) is 7.29. The summed E-state index contributed by atoms with van der Waals surface area (Å²) in [4.78, 5) is 13.8. The minimum atomic E-state index is 0.0621. The first kappa shape index (κ1) is 14.5. The van der Waals surface area contributed by atoms with Crippen molar-refractivity contribution in [3.63, 3.8) is 0 Å². The molecule has 0 saturated carbocycles. The van der Waals surface area contributed by atoms with Crippen LogP contribution in [0.15, 0.2) is 12.1 Å².